The number of ether oxygens (including phenoxy) is 1. The minimum absolute atomic E-state index is 0.0164. The zero-order valence-electron chi connectivity index (χ0n) is 11.0. The van der Waals surface area contributed by atoms with E-state index in [9.17, 15) is 0 Å². The van der Waals surface area contributed by atoms with E-state index < -0.39 is 0 Å². The fourth-order valence-electron chi connectivity index (χ4n) is 1.38. The van der Waals surface area contributed by atoms with E-state index in [2.05, 4.69) is 69.7 Å². The van der Waals surface area contributed by atoms with E-state index in [4.69, 9.17) is 4.74 Å². The molecule has 1 unspecified atom stereocenters. The molecule has 0 aliphatic rings. The Balaban J connectivity index is 2.86. The summed E-state index contributed by atoms with van der Waals surface area (Å²) >= 11 is 7.09. The number of hydrogen-bond donors (Lipinski definition) is 1. The largest absolute Gasteiger partial charge is 0.484 e. The third-order valence-corrected chi connectivity index (χ3v) is 3.59. The van der Waals surface area contributed by atoms with Crippen molar-refractivity contribution in [3.05, 3.63) is 39.3 Å². The number of hydrogen-bond acceptors (Lipinski definition) is 2. The normalized spacial score (nSPS) is 12.6. The van der Waals surface area contributed by atoms with Crippen LogP contribution in [-0.4, -0.2) is 12.1 Å². The van der Waals surface area contributed by atoms with Crippen molar-refractivity contribution < 1.29 is 4.74 Å². The minimum Gasteiger partial charge on any atom is -0.484 e. The first-order valence-electron chi connectivity index (χ1n) is 5.94. The van der Waals surface area contributed by atoms with Crippen LogP contribution in [0.3, 0.4) is 0 Å². The smallest absolute Gasteiger partial charge is 0.148 e. The lowest BCUT2D eigenvalue weighted by atomic mass is 10.2. The first-order valence-corrected chi connectivity index (χ1v) is 7.53. The molecule has 1 atom stereocenters. The van der Waals surface area contributed by atoms with Crippen LogP contribution in [0.2, 0.25) is 0 Å². The fraction of sp³-hybridized carbons (Fsp3) is 0.429. The minimum atomic E-state index is -0.0164. The molecule has 0 heterocycles. The third kappa shape index (κ3) is 4.75. The maximum atomic E-state index is 5.77. The van der Waals surface area contributed by atoms with Crippen LogP contribution in [0.15, 0.2) is 33.7 Å². The molecular weight excluding hydrogens is 358 g/mol. The van der Waals surface area contributed by atoms with Crippen molar-refractivity contribution in [2.24, 2.45) is 0 Å². The SMILES string of the molecule is C=CC(C)Oc1c(Br)cc(CNC(C)C)cc1Br. The van der Waals surface area contributed by atoms with Gasteiger partial charge in [-0.3, -0.25) is 0 Å². The van der Waals surface area contributed by atoms with Crippen LogP contribution in [0.1, 0.15) is 26.3 Å². The summed E-state index contributed by atoms with van der Waals surface area (Å²) in [4.78, 5) is 0. The summed E-state index contributed by atoms with van der Waals surface area (Å²) in [6.45, 7) is 10.8. The summed E-state index contributed by atoms with van der Waals surface area (Å²) < 4.78 is 7.67. The summed E-state index contributed by atoms with van der Waals surface area (Å²) in [6.07, 6.45) is 1.75. The second-order valence-corrected chi connectivity index (χ2v) is 6.19. The van der Waals surface area contributed by atoms with Gasteiger partial charge in [0.2, 0.25) is 0 Å². The van der Waals surface area contributed by atoms with Crippen molar-refractivity contribution in [2.75, 3.05) is 0 Å². The highest BCUT2D eigenvalue weighted by Gasteiger charge is 2.11. The Morgan fingerprint density at radius 1 is 1.28 bits per heavy atom. The zero-order valence-corrected chi connectivity index (χ0v) is 14.1. The van der Waals surface area contributed by atoms with Crippen molar-refractivity contribution in [3.8, 4) is 5.75 Å². The lowest BCUT2D eigenvalue weighted by Crippen LogP contribution is -2.21. The van der Waals surface area contributed by atoms with Crippen LogP contribution < -0.4 is 10.1 Å². The molecule has 100 valence electrons. The van der Waals surface area contributed by atoms with Gasteiger partial charge in [0.25, 0.3) is 0 Å². The quantitative estimate of drug-likeness (QED) is 0.728. The molecule has 18 heavy (non-hydrogen) atoms. The Kier molecular flexibility index (Phi) is 6.39. The number of nitrogens with one attached hydrogen (secondary N) is 1. The highest BCUT2D eigenvalue weighted by atomic mass is 79.9. The monoisotopic (exact) mass is 375 g/mol. The molecule has 0 aromatic heterocycles. The predicted molar refractivity (Wildman–Crippen MR) is 84.1 cm³/mol. The van der Waals surface area contributed by atoms with E-state index >= 15 is 0 Å². The molecule has 0 bridgehead atoms. The Hall–Kier alpha value is -0.320. The molecule has 1 aromatic carbocycles. The van der Waals surface area contributed by atoms with E-state index in [-0.39, 0.29) is 6.10 Å². The molecule has 0 saturated heterocycles. The van der Waals surface area contributed by atoms with E-state index in [1.807, 2.05) is 6.92 Å². The molecule has 0 amide bonds. The van der Waals surface area contributed by atoms with Gasteiger partial charge in [-0.05, 0) is 56.5 Å². The van der Waals surface area contributed by atoms with Crippen LogP contribution in [0.25, 0.3) is 0 Å². The Morgan fingerprint density at radius 3 is 2.28 bits per heavy atom. The molecule has 0 fully saturated rings. The zero-order chi connectivity index (χ0) is 13.7. The van der Waals surface area contributed by atoms with Crippen LogP contribution in [0, 0.1) is 0 Å². The lowest BCUT2D eigenvalue weighted by molar-refractivity contribution is 0.266. The maximum Gasteiger partial charge on any atom is 0.148 e. The van der Waals surface area contributed by atoms with E-state index in [0.717, 1.165) is 21.2 Å². The first kappa shape index (κ1) is 15.7. The van der Waals surface area contributed by atoms with Gasteiger partial charge in [-0.2, -0.15) is 0 Å². The second kappa shape index (κ2) is 7.31. The van der Waals surface area contributed by atoms with Crippen LogP contribution in [0.4, 0.5) is 0 Å². The molecular formula is C14H19Br2NO. The molecule has 2 nitrogen and oxygen atoms in total. The van der Waals surface area contributed by atoms with Gasteiger partial charge in [0, 0.05) is 12.6 Å². The van der Waals surface area contributed by atoms with Crippen LogP contribution in [0.5, 0.6) is 5.75 Å². The van der Waals surface area contributed by atoms with Crippen molar-refractivity contribution in [1.29, 1.82) is 0 Å². The average molecular weight is 377 g/mol. The van der Waals surface area contributed by atoms with Gasteiger partial charge >= 0.3 is 0 Å². The molecule has 0 spiro atoms. The summed E-state index contributed by atoms with van der Waals surface area (Å²) in [5.74, 6) is 0.815. The summed E-state index contributed by atoms with van der Waals surface area (Å²) in [7, 11) is 0. The fourth-order valence-corrected chi connectivity index (χ4v) is 2.85. The van der Waals surface area contributed by atoms with Crippen molar-refractivity contribution in [3.63, 3.8) is 0 Å². The summed E-state index contributed by atoms with van der Waals surface area (Å²) in [6, 6.07) is 4.62. The van der Waals surface area contributed by atoms with Crippen LogP contribution >= 0.6 is 31.9 Å². The molecule has 0 aliphatic heterocycles. The van der Waals surface area contributed by atoms with E-state index in [1.54, 1.807) is 6.08 Å². The number of benzene rings is 1. The summed E-state index contributed by atoms with van der Waals surface area (Å²) in [5.41, 5.74) is 1.21. The van der Waals surface area contributed by atoms with Gasteiger partial charge in [0.15, 0.2) is 0 Å². The van der Waals surface area contributed by atoms with Crippen molar-refractivity contribution in [2.45, 2.75) is 39.5 Å². The summed E-state index contributed by atoms with van der Waals surface area (Å²) in [5, 5.41) is 3.39. The second-order valence-electron chi connectivity index (χ2n) is 4.48. The van der Waals surface area contributed by atoms with Gasteiger partial charge in [0.1, 0.15) is 11.9 Å². The van der Waals surface area contributed by atoms with Gasteiger partial charge in [-0.1, -0.05) is 26.5 Å². The van der Waals surface area contributed by atoms with Crippen molar-refractivity contribution >= 4 is 31.9 Å². The number of rotatable bonds is 6. The van der Waals surface area contributed by atoms with Crippen LogP contribution in [-0.2, 0) is 6.54 Å². The maximum absolute atomic E-state index is 5.77. The van der Waals surface area contributed by atoms with E-state index in [1.165, 1.54) is 5.56 Å². The Labute approximate surface area is 126 Å². The topological polar surface area (TPSA) is 21.3 Å². The lowest BCUT2D eigenvalue weighted by Gasteiger charge is -2.16. The van der Waals surface area contributed by atoms with E-state index in [0.29, 0.717) is 6.04 Å². The van der Waals surface area contributed by atoms with Gasteiger partial charge in [-0.25, -0.2) is 0 Å². The third-order valence-electron chi connectivity index (χ3n) is 2.41. The molecule has 4 heteroatoms. The predicted octanol–water partition coefficient (Wildman–Crippen LogP) is 4.66. The molecule has 0 radical (unpaired) electrons. The Morgan fingerprint density at radius 2 is 1.83 bits per heavy atom. The molecule has 0 aliphatic carbocycles. The standard InChI is InChI=1S/C14H19Br2NO/c1-5-10(4)18-14-12(15)6-11(7-13(14)16)8-17-9(2)3/h5-7,9-10,17H,1,8H2,2-4H3. The van der Waals surface area contributed by atoms with Crippen molar-refractivity contribution in [1.82, 2.24) is 5.32 Å². The molecule has 1 rings (SSSR count). The first-order chi connectivity index (χ1) is 8.43. The highest BCUT2D eigenvalue weighted by Crippen LogP contribution is 2.35. The molecule has 0 saturated carbocycles. The average Bonchev–Trinajstić information content (AvgIpc) is 2.30. The Bertz CT molecular complexity index is 395. The van der Waals surface area contributed by atoms with Gasteiger partial charge in [-0.15, -0.1) is 0 Å². The van der Waals surface area contributed by atoms with Gasteiger partial charge < -0.3 is 10.1 Å². The van der Waals surface area contributed by atoms with Gasteiger partial charge in [0.05, 0.1) is 8.95 Å². The molecule has 1 N–H and O–H groups in total. The highest BCUT2D eigenvalue weighted by molar-refractivity contribution is 9.11. The molecule has 1 aromatic rings. The number of halogens is 2.